The third-order valence-electron chi connectivity index (χ3n) is 3.39. The minimum absolute atomic E-state index is 0.241. The predicted octanol–water partition coefficient (Wildman–Crippen LogP) is 2.92. The third-order valence-corrected chi connectivity index (χ3v) is 3.39. The Hall–Kier alpha value is -0.0800. The van der Waals surface area contributed by atoms with Gasteiger partial charge in [-0.15, -0.1) is 0 Å². The number of nitrogens with zero attached hydrogens (tertiary/aromatic N) is 1. The maximum absolute atomic E-state index is 5.63. The summed E-state index contributed by atoms with van der Waals surface area (Å²) in [6.07, 6.45) is 1.56. The molecule has 0 bridgehead atoms. The number of rotatable bonds is 1. The molecular weight excluding hydrogens is 186 g/mol. The van der Waals surface area contributed by atoms with Crippen molar-refractivity contribution in [2.45, 2.75) is 65.6 Å². The zero-order chi connectivity index (χ0) is 11.9. The van der Waals surface area contributed by atoms with Crippen LogP contribution in [0, 0.1) is 5.41 Å². The van der Waals surface area contributed by atoms with Gasteiger partial charge in [0.15, 0.2) is 0 Å². The molecule has 0 N–H and O–H groups in total. The van der Waals surface area contributed by atoms with E-state index >= 15 is 0 Å². The summed E-state index contributed by atoms with van der Waals surface area (Å²) in [7, 11) is 1.84. The van der Waals surface area contributed by atoms with Crippen molar-refractivity contribution in [3.63, 3.8) is 0 Å². The van der Waals surface area contributed by atoms with E-state index in [1.54, 1.807) is 0 Å². The Morgan fingerprint density at radius 3 is 1.93 bits per heavy atom. The van der Waals surface area contributed by atoms with Crippen molar-refractivity contribution in [2.24, 2.45) is 5.41 Å². The number of methoxy groups -OCH3 is 1. The van der Waals surface area contributed by atoms with E-state index in [-0.39, 0.29) is 11.0 Å². The van der Waals surface area contributed by atoms with E-state index in [2.05, 4.69) is 46.4 Å². The number of hydrogen-bond donors (Lipinski definition) is 0. The summed E-state index contributed by atoms with van der Waals surface area (Å²) in [6.45, 7) is 15.0. The van der Waals surface area contributed by atoms with Crippen LogP contribution in [-0.2, 0) is 4.74 Å². The lowest BCUT2D eigenvalue weighted by molar-refractivity contribution is -0.0157. The van der Waals surface area contributed by atoms with Crippen LogP contribution in [0.2, 0.25) is 0 Å². The first kappa shape index (κ1) is 13.0. The third kappa shape index (κ3) is 2.73. The molecule has 1 saturated heterocycles. The largest absolute Gasteiger partial charge is 0.380 e. The zero-order valence-electron chi connectivity index (χ0n) is 11.4. The Morgan fingerprint density at radius 2 is 1.60 bits per heavy atom. The van der Waals surface area contributed by atoms with Crippen LogP contribution >= 0.6 is 0 Å². The summed E-state index contributed by atoms with van der Waals surface area (Å²) >= 11 is 0. The minimum Gasteiger partial charge on any atom is -0.380 e. The molecule has 0 aromatic heterocycles. The van der Waals surface area contributed by atoms with Crippen molar-refractivity contribution in [3.8, 4) is 0 Å². The van der Waals surface area contributed by atoms with E-state index in [9.17, 15) is 0 Å². The summed E-state index contributed by atoms with van der Waals surface area (Å²) in [5, 5.41) is 0. The molecule has 2 atom stereocenters. The Bertz CT molecular complexity index is 212. The summed E-state index contributed by atoms with van der Waals surface area (Å²) in [5.41, 5.74) is 0.523. The molecule has 0 unspecified atom stereocenters. The summed E-state index contributed by atoms with van der Waals surface area (Å²) < 4.78 is 5.63. The van der Waals surface area contributed by atoms with Crippen molar-refractivity contribution in [1.29, 1.82) is 0 Å². The van der Waals surface area contributed by atoms with Crippen LogP contribution in [0.5, 0.6) is 0 Å². The highest BCUT2D eigenvalue weighted by Gasteiger charge is 2.45. The van der Waals surface area contributed by atoms with Crippen LogP contribution in [-0.4, -0.2) is 36.2 Å². The topological polar surface area (TPSA) is 12.5 Å². The summed E-state index contributed by atoms with van der Waals surface area (Å²) in [4.78, 5) is 2.60. The molecule has 0 spiro atoms. The lowest BCUT2D eigenvalue weighted by atomic mass is 9.82. The van der Waals surface area contributed by atoms with Crippen molar-refractivity contribution >= 4 is 0 Å². The standard InChI is InChI=1S/C13H27NO/c1-12(2,3)11-10(15-7)8-9-14(11)13(4,5)6/h10-11H,8-9H2,1-7H3/t10-,11-/m0/s1. The molecule has 15 heavy (non-hydrogen) atoms. The van der Waals surface area contributed by atoms with Gasteiger partial charge in [0.1, 0.15) is 0 Å². The van der Waals surface area contributed by atoms with Gasteiger partial charge < -0.3 is 4.74 Å². The molecule has 0 radical (unpaired) electrons. The van der Waals surface area contributed by atoms with Crippen LogP contribution < -0.4 is 0 Å². The molecule has 0 aliphatic carbocycles. The molecular formula is C13H27NO. The van der Waals surface area contributed by atoms with Crippen LogP contribution in [0.1, 0.15) is 48.0 Å². The molecule has 1 fully saturated rings. The highest BCUT2D eigenvalue weighted by molar-refractivity contribution is 4.99. The summed E-state index contributed by atoms with van der Waals surface area (Å²) in [5.74, 6) is 0. The monoisotopic (exact) mass is 213 g/mol. The molecule has 1 rings (SSSR count). The molecule has 90 valence electrons. The van der Waals surface area contributed by atoms with E-state index in [4.69, 9.17) is 4.74 Å². The van der Waals surface area contributed by atoms with Gasteiger partial charge in [-0.2, -0.15) is 0 Å². The van der Waals surface area contributed by atoms with Crippen LogP contribution in [0.25, 0.3) is 0 Å². The predicted molar refractivity (Wildman–Crippen MR) is 65.1 cm³/mol. The first-order chi connectivity index (χ1) is 6.68. The lowest BCUT2D eigenvalue weighted by Crippen LogP contribution is -2.53. The van der Waals surface area contributed by atoms with Gasteiger partial charge in [-0.3, -0.25) is 4.90 Å². The number of ether oxygens (including phenoxy) is 1. The highest BCUT2D eigenvalue weighted by Crippen LogP contribution is 2.38. The first-order valence-electron chi connectivity index (χ1n) is 5.97. The molecule has 0 amide bonds. The average molecular weight is 213 g/mol. The van der Waals surface area contributed by atoms with E-state index < -0.39 is 0 Å². The van der Waals surface area contributed by atoms with Gasteiger partial charge in [-0.05, 0) is 32.6 Å². The fourth-order valence-electron chi connectivity index (χ4n) is 2.79. The molecule has 2 nitrogen and oxygen atoms in total. The average Bonchev–Trinajstić information content (AvgIpc) is 2.44. The Balaban J connectivity index is 2.92. The zero-order valence-corrected chi connectivity index (χ0v) is 11.4. The van der Waals surface area contributed by atoms with E-state index in [1.165, 1.54) is 0 Å². The van der Waals surface area contributed by atoms with E-state index in [0.29, 0.717) is 12.1 Å². The van der Waals surface area contributed by atoms with Crippen molar-refractivity contribution in [2.75, 3.05) is 13.7 Å². The van der Waals surface area contributed by atoms with E-state index in [1.807, 2.05) is 7.11 Å². The summed E-state index contributed by atoms with van der Waals surface area (Å²) in [6, 6.07) is 0.530. The number of likely N-dealkylation sites (tertiary alicyclic amines) is 1. The van der Waals surface area contributed by atoms with Gasteiger partial charge in [-0.1, -0.05) is 20.8 Å². The van der Waals surface area contributed by atoms with Crippen LogP contribution in [0.3, 0.4) is 0 Å². The fraction of sp³-hybridized carbons (Fsp3) is 1.00. The first-order valence-corrected chi connectivity index (χ1v) is 5.97. The second-order valence-corrected chi connectivity index (χ2v) is 6.74. The molecule has 1 heterocycles. The maximum Gasteiger partial charge on any atom is 0.0743 e. The molecule has 0 aromatic rings. The van der Waals surface area contributed by atoms with Gasteiger partial charge in [0, 0.05) is 25.2 Å². The minimum atomic E-state index is 0.241. The smallest absolute Gasteiger partial charge is 0.0743 e. The van der Waals surface area contributed by atoms with Crippen molar-refractivity contribution in [3.05, 3.63) is 0 Å². The van der Waals surface area contributed by atoms with Crippen LogP contribution in [0.4, 0.5) is 0 Å². The SMILES string of the molecule is CO[C@H]1CCN(C(C)(C)C)[C@@H]1C(C)(C)C. The Kier molecular flexibility index (Phi) is 3.52. The van der Waals surface area contributed by atoms with Gasteiger partial charge in [0.25, 0.3) is 0 Å². The molecule has 0 aromatic carbocycles. The lowest BCUT2D eigenvalue weighted by Gasteiger charge is -2.44. The van der Waals surface area contributed by atoms with Gasteiger partial charge in [-0.25, -0.2) is 0 Å². The second-order valence-electron chi connectivity index (χ2n) is 6.74. The molecule has 1 aliphatic heterocycles. The number of hydrogen-bond acceptors (Lipinski definition) is 2. The normalized spacial score (nSPS) is 29.8. The van der Waals surface area contributed by atoms with Gasteiger partial charge in [0.05, 0.1) is 6.10 Å². The fourth-order valence-corrected chi connectivity index (χ4v) is 2.79. The van der Waals surface area contributed by atoms with Crippen LogP contribution in [0.15, 0.2) is 0 Å². The molecule has 2 heteroatoms. The highest BCUT2D eigenvalue weighted by atomic mass is 16.5. The van der Waals surface area contributed by atoms with Crippen molar-refractivity contribution in [1.82, 2.24) is 4.90 Å². The Morgan fingerprint density at radius 1 is 1.07 bits per heavy atom. The molecule has 1 aliphatic rings. The van der Waals surface area contributed by atoms with E-state index in [0.717, 1.165) is 13.0 Å². The molecule has 0 saturated carbocycles. The maximum atomic E-state index is 5.63. The second kappa shape index (κ2) is 4.06. The van der Waals surface area contributed by atoms with Gasteiger partial charge in [0.2, 0.25) is 0 Å². The van der Waals surface area contributed by atoms with Crippen molar-refractivity contribution < 1.29 is 4.74 Å². The van der Waals surface area contributed by atoms with Gasteiger partial charge >= 0.3 is 0 Å². The quantitative estimate of drug-likeness (QED) is 0.664. The Labute approximate surface area is 95.0 Å².